The summed E-state index contributed by atoms with van der Waals surface area (Å²) >= 11 is 0. The molecule has 0 aromatic heterocycles. The first-order valence-electron chi connectivity index (χ1n) is 22.2. The van der Waals surface area contributed by atoms with Crippen molar-refractivity contribution < 1.29 is 62.0 Å². The lowest BCUT2D eigenvalue weighted by Crippen LogP contribution is -2.68. The summed E-state index contributed by atoms with van der Waals surface area (Å²) in [4.78, 5) is 90.6. The van der Waals surface area contributed by atoms with Crippen molar-refractivity contribution in [2.24, 2.45) is 22.7 Å². The number of aliphatic hydroxyl groups is 2. The van der Waals surface area contributed by atoms with E-state index in [4.69, 9.17) is 9.47 Å². The van der Waals surface area contributed by atoms with Crippen LogP contribution in [0.5, 0.6) is 0 Å². The molecule has 350 valence electrons. The van der Waals surface area contributed by atoms with E-state index in [1.165, 1.54) is 37.8 Å². The van der Waals surface area contributed by atoms with Gasteiger partial charge in [-0.3, -0.25) is 38.5 Å². The van der Waals surface area contributed by atoms with Gasteiger partial charge in [0.25, 0.3) is 11.8 Å². The van der Waals surface area contributed by atoms with Gasteiger partial charge >= 0.3 is 0 Å². The standard InChI is InChI=1S/C49H54F2N4O11/c1-26(52-39(60)16-18-55-40(61)13-14-41(55)62)42(63)53-27(2)43(64)54(5)31-8-6-7-29(20-31)19-28-9-11-30(12-10-28)44-65-45-46(3)24-37(58)49(51)33(35(46)23-48(45,66-44)38(59)25-56)22-36(50)34-21-32(57)15-17-47(34,49)4/h6-15,17,20-21,26-27,33,35-37,44-45,56,58H,16,18-19,22-25H2,1-5H3,(H,52,60)(H,53,63)/t26-,27-,33-,35-,36-,37-,44-,45?,46-,47-,48-,49-/m0/s1. The molecule has 2 aromatic carbocycles. The number of hydrogen-bond acceptors (Lipinski definition) is 11. The molecule has 2 aliphatic heterocycles. The maximum atomic E-state index is 17.8. The van der Waals surface area contributed by atoms with Crippen LogP contribution in [0.2, 0.25) is 0 Å². The Hall–Kier alpha value is -5.75. The highest BCUT2D eigenvalue weighted by Gasteiger charge is 2.78. The number of carbonyl (C=O) groups is 7. The van der Waals surface area contributed by atoms with E-state index in [2.05, 4.69) is 10.6 Å². The number of imide groups is 1. The molecule has 12 atom stereocenters. The summed E-state index contributed by atoms with van der Waals surface area (Å²) in [5.74, 6) is -5.43. The highest BCUT2D eigenvalue weighted by molar-refractivity contribution is 6.13. The molecule has 4 aliphatic carbocycles. The fourth-order valence-electron chi connectivity index (χ4n) is 11.5. The fraction of sp³-hybridized carbons (Fsp3) is 0.490. The second-order valence-corrected chi connectivity index (χ2v) is 19.0. The molecule has 15 nitrogen and oxygen atoms in total. The number of aliphatic hydroxyl groups excluding tert-OH is 2. The third-order valence-corrected chi connectivity index (χ3v) is 15.1. The zero-order valence-electron chi connectivity index (χ0n) is 37.3. The molecule has 0 bridgehead atoms. The summed E-state index contributed by atoms with van der Waals surface area (Å²) in [7, 11) is 1.58. The number of Topliss-reactive ketones (excluding diaryl/α,β-unsaturated/α-hetero) is 1. The summed E-state index contributed by atoms with van der Waals surface area (Å²) < 4.78 is 46.8. The van der Waals surface area contributed by atoms with Gasteiger partial charge in [-0.05, 0) is 93.4 Å². The largest absolute Gasteiger partial charge is 0.390 e. The molecule has 3 saturated carbocycles. The van der Waals surface area contributed by atoms with Gasteiger partial charge in [-0.25, -0.2) is 8.78 Å². The monoisotopic (exact) mass is 912 g/mol. The summed E-state index contributed by atoms with van der Waals surface area (Å²) in [5, 5.41) is 27.1. The highest BCUT2D eigenvalue weighted by atomic mass is 19.1. The van der Waals surface area contributed by atoms with Crippen molar-refractivity contribution in [1.29, 1.82) is 0 Å². The molecule has 5 amide bonds. The van der Waals surface area contributed by atoms with Gasteiger partial charge in [0.2, 0.25) is 17.7 Å². The zero-order valence-corrected chi connectivity index (χ0v) is 37.3. The number of carbonyl (C=O) groups excluding carboxylic acids is 7. The molecule has 4 N–H and O–H groups in total. The second kappa shape index (κ2) is 17.2. The molecule has 4 fully saturated rings. The van der Waals surface area contributed by atoms with Crippen LogP contribution in [0.3, 0.4) is 0 Å². The van der Waals surface area contributed by atoms with Gasteiger partial charge in [-0.1, -0.05) is 49.4 Å². The van der Waals surface area contributed by atoms with Gasteiger partial charge < -0.3 is 35.2 Å². The van der Waals surface area contributed by atoms with Crippen LogP contribution in [0.4, 0.5) is 14.5 Å². The quantitative estimate of drug-likeness (QED) is 0.215. The normalized spacial score (nSPS) is 33.9. The number of nitrogens with one attached hydrogen (secondary N) is 2. The first-order chi connectivity index (χ1) is 31.2. The van der Waals surface area contributed by atoms with Crippen LogP contribution in [0.1, 0.15) is 76.4 Å². The topological polar surface area (TPSA) is 209 Å². The molecule has 1 saturated heterocycles. The van der Waals surface area contributed by atoms with E-state index < -0.39 is 118 Å². The fourth-order valence-corrected chi connectivity index (χ4v) is 11.5. The molecule has 0 spiro atoms. The number of hydrogen-bond donors (Lipinski definition) is 4. The first kappa shape index (κ1) is 46.8. The molecular formula is C49H54F2N4O11. The third-order valence-electron chi connectivity index (χ3n) is 15.1. The number of anilines is 1. The van der Waals surface area contributed by atoms with E-state index in [1.807, 2.05) is 24.3 Å². The van der Waals surface area contributed by atoms with Crippen LogP contribution < -0.4 is 15.5 Å². The highest BCUT2D eigenvalue weighted by Crippen LogP contribution is 2.71. The van der Waals surface area contributed by atoms with Crippen molar-refractivity contribution in [3.63, 3.8) is 0 Å². The van der Waals surface area contributed by atoms with Crippen molar-refractivity contribution >= 4 is 46.8 Å². The van der Waals surface area contributed by atoms with Gasteiger partial charge in [-0.2, -0.15) is 0 Å². The lowest BCUT2D eigenvalue weighted by Gasteiger charge is -2.62. The predicted molar refractivity (Wildman–Crippen MR) is 232 cm³/mol. The smallest absolute Gasteiger partial charge is 0.253 e. The summed E-state index contributed by atoms with van der Waals surface area (Å²) in [5.41, 5.74) is -3.82. The minimum absolute atomic E-state index is 0.00247. The Labute approximate surface area is 380 Å². The van der Waals surface area contributed by atoms with Gasteiger partial charge in [-0.15, -0.1) is 0 Å². The van der Waals surface area contributed by atoms with Gasteiger partial charge in [0.05, 0.1) is 6.10 Å². The van der Waals surface area contributed by atoms with Crippen LogP contribution in [0.25, 0.3) is 0 Å². The van der Waals surface area contributed by atoms with E-state index in [9.17, 15) is 43.8 Å². The Balaban J connectivity index is 0.899. The first-order valence-corrected chi connectivity index (χ1v) is 22.2. The van der Waals surface area contributed by atoms with Gasteiger partial charge in [0, 0.05) is 60.2 Å². The van der Waals surface area contributed by atoms with E-state index in [0.29, 0.717) is 17.7 Å². The number of fused-ring (bicyclic) bond motifs is 7. The molecule has 8 rings (SSSR count). The average Bonchev–Trinajstić information content (AvgIpc) is 3.92. The van der Waals surface area contributed by atoms with E-state index in [1.54, 1.807) is 38.2 Å². The van der Waals surface area contributed by atoms with Crippen LogP contribution in [0, 0.1) is 22.7 Å². The number of ether oxygens (including phenoxy) is 2. The van der Waals surface area contributed by atoms with E-state index in [-0.39, 0.29) is 37.8 Å². The number of alkyl halides is 2. The summed E-state index contributed by atoms with van der Waals surface area (Å²) in [6.07, 6.45) is 0.398. The maximum absolute atomic E-state index is 17.8. The lowest BCUT2D eigenvalue weighted by molar-refractivity contribution is -0.217. The molecule has 17 heteroatoms. The van der Waals surface area contributed by atoms with Crippen LogP contribution in [-0.2, 0) is 49.5 Å². The molecule has 2 heterocycles. The number of rotatable bonds is 13. The molecule has 66 heavy (non-hydrogen) atoms. The molecule has 0 radical (unpaired) electrons. The van der Waals surface area contributed by atoms with Gasteiger partial charge in [0.15, 0.2) is 29.1 Å². The van der Waals surface area contributed by atoms with Crippen molar-refractivity contribution in [1.82, 2.24) is 15.5 Å². The predicted octanol–water partition coefficient (Wildman–Crippen LogP) is 3.21. The Kier molecular flexibility index (Phi) is 12.2. The minimum atomic E-state index is -2.36. The maximum Gasteiger partial charge on any atom is 0.253 e. The number of benzene rings is 2. The molecular weight excluding hydrogens is 859 g/mol. The van der Waals surface area contributed by atoms with Crippen LogP contribution in [0.15, 0.2) is 84.5 Å². The Morgan fingerprint density at radius 2 is 1.64 bits per heavy atom. The third kappa shape index (κ3) is 7.62. The Bertz CT molecular complexity index is 2460. The summed E-state index contributed by atoms with van der Waals surface area (Å²) in [6.45, 7) is 5.29. The Morgan fingerprint density at radius 3 is 2.32 bits per heavy atom. The number of amides is 5. The zero-order chi connectivity index (χ0) is 47.7. The van der Waals surface area contributed by atoms with E-state index >= 15 is 8.78 Å². The molecule has 6 aliphatic rings. The van der Waals surface area contributed by atoms with Crippen LogP contribution >= 0.6 is 0 Å². The second-order valence-electron chi connectivity index (χ2n) is 19.0. The van der Waals surface area contributed by atoms with Crippen molar-refractivity contribution in [2.45, 2.75) is 108 Å². The number of allylic oxidation sites excluding steroid dienone is 4. The SMILES string of the molecule is C[C@H](NC(=O)CCN1C(=O)C=CC1=O)C(=O)N[C@@H](C)C(=O)N(C)c1cccc(Cc2ccc([C@H]3OC4[C@@](C(=O)CO)(C[C@H]5[C@@H]6C[C@H](F)C7=CC(=O)C=C[C@]7(C)[C@@]6(F)[C@@H](O)C[C@]45C)O3)cc2)c1. The number of nitrogens with zero attached hydrogens (tertiary/aromatic N) is 2. The number of likely N-dealkylation sites (N-methyl/N-ethyl adjacent to an activating group) is 1. The van der Waals surface area contributed by atoms with Crippen molar-refractivity contribution in [3.8, 4) is 0 Å². The summed E-state index contributed by atoms with van der Waals surface area (Å²) in [6, 6.07) is 12.6. The van der Waals surface area contributed by atoms with E-state index in [0.717, 1.165) is 34.3 Å². The Morgan fingerprint density at radius 1 is 0.939 bits per heavy atom. The number of ketones is 2. The van der Waals surface area contributed by atoms with Gasteiger partial charge in [0.1, 0.15) is 31.0 Å². The lowest BCUT2D eigenvalue weighted by atomic mass is 9.45. The van der Waals surface area contributed by atoms with Crippen LogP contribution in [-0.4, -0.2) is 118 Å². The molecule has 1 unspecified atom stereocenters. The number of halogens is 2. The average molecular weight is 913 g/mol. The minimum Gasteiger partial charge on any atom is -0.390 e. The van der Waals surface area contributed by atoms with Crippen molar-refractivity contribution in [3.05, 3.63) is 101 Å². The molecule has 2 aromatic rings. The van der Waals surface area contributed by atoms with Crippen molar-refractivity contribution in [2.75, 3.05) is 25.1 Å².